The fourth-order valence-corrected chi connectivity index (χ4v) is 4.77. The molecule has 2 heterocycles. The molecule has 0 fully saturated rings. The number of aromatic nitrogens is 2. The number of aliphatic hydroxyl groups is 1. The number of hydrogen-bond acceptors (Lipinski definition) is 6. The lowest BCUT2D eigenvalue weighted by atomic mass is 9.89. The Bertz CT molecular complexity index is 639. The van der Waals surface area contributed by atoms with E-state index in [1.165, 1.54) is 28.6 Å². The van der Waals surface area contributed by atoms with Crippen molar-refractivity contribution in [2.24, 2.45) is 5.92 Å². The molecule has 20 heavy (non-hydrogen) atoms. The van der Waals surface area contributed by atoms with Gasteiger partial charge in [0.2, 0.25) is 0 Å². The number of nitrogens with two attached hydrogens (primary N) is 1. The van der Waals surface area contributed by atoms with Gasteiger partial charge in [-0.3, -0.25) is 0 Å². The van der Waals surface area contributed by atoms with Crippen molar-refractivity contribution < 1.29 is 5.11 Å². The third-order valence-electron chi connectivity index (χ3n) is 3.62. The molecule has 6 heteroatoms. The number of nitrogens with zero attached hydrogens (tertiary/aromatic N) is 2. The maximum absolute atomic E-state index is 9.35. The van der Waals surface area contributed by atoms with Gasteiger partial charge in [0.15, 0.2) is 5.16 Å². The van der Waals surface area contributed by atoms with Crippen LogP contribution in [-0.4, -0.2) is 26.9 Å². The number of thioether (sulfide) groups is 1. The smallest absolute Gasteiger partial charge is 0.190 e. The quantitative estimate of drug-likeness (QED) is 0.674. The van der Waals surface area contributed by atoms with Crippen molar-refractivity contribution in [3.05, 3.63) is 10.4 Å². The third kappa shape index (κ3) is 2.64. The van der Waals surface area contributed by atoms with Gasteiger partial charge in [0, 0.05) is 10.6 Å². The second-order valence-electron chi connectivity index (χ2n) is 5.58. The van der Waals surface area contributed by atoms with Gasteiger partial charge in [0.1, 0.15) is 10.6 Å². The van der Waals surface area contributed by atoms with E-state index in [0.717, 1.165) is 29.0 Å². The lowest BCUT2D eigenvalue weighted by molar-refractivity contribution is 0.220. The molecule has 0 aromatic carbocycles. The average Bonchev–Trinajstić information content (AvgIpc) is 2.73. The third-order valence-corrected chi connectivity index (χ3v) is 5.85. The lowest BCUT2D eigenvalue weighted by Crippen LogP contribution is -2.09. The number of anilines is 1. The predicted molar refractivity (Wildman–Crippen MR) is 85.4 cm³/mol. The SMILES string of the molecule is C[C@H]1CCc2c(sc3nc(SC[C@H](C)O)nc(N)c23)C1. The zero-order chi connectivity index (χ0) is 14.3. The van der Waals surface area contributed by atoms with Crippen LogP contribution in [0.2, 0.25) is 0 Å². The van der Waals surface area contributed by atoms with E-state index in [4.69, 9.17) is 5.73 Å². The van der Waals surface area contributed by atoms with E-state index in [9.17, 15) is 5.11 Å². The van der Waals surface area contributed by atoms with E-state index in [2.05, 4.69) is 16.9 Å². The Hall–Kier alpha value is -0.850. The van der Waals surface area contributed by atoms with E-state index >= 15 is 0 Å². The first-order valence-corrected chi connectivity index (χ1v) is 8.73. The van der Waals surface area contributed by atoms with Crippen LogP contribution in [0.4, 0.5) is 5.82 Å². The molecule has 2 atom stereocenters. The van der Waals surface area contributed by atoms with Gasteiger partial charge in [-0.2, -0.15) is 0 Å². The molecule has 0 saturated heterocycles. The molecule has 108 valence electrons. The van der Waals surface area contributed by atoms with Gasteiger partial charge < -0.3 is 10.8 Å². The minimum Gasteiger partial charge on any atom is -0.393 e. The van der Waals surface area contributed by atoms with Crippen LogP contribution in [0, 0.1) is 5.92 Å². The van der Waals surface area contributed by atoms with Gasteiger partial charge in [-0.15, -0.1) is 11.3 Å². The summed E-state index contributed by atoms with van der Waals surface area (Å²) in [5.74, 6) is 1.93. The van der Waals surface area contributed by atoms with Crippen LogP contribution >= 0.6 is 23.1 Å². The van der Waals surface area contributed by atoms with Gasteiger partial charge in [-0.25, -0.2) is 9.97 Å². The van der Waals surface area contributed by atoms with Crippen molar-refractivity contribution in [3.63, 3.8) is 0 Å². The van der Waals surface area contributed by atoms with E-state index in [-0.39, 0.29) is 6.10 Å². The largest absolute Gasteiger partial charge is 0.393 e. The van der Waals surface area contributed by atoms with Crippen molar-refractivity contribution in [1.29, 1.82) is 0 Å². The van der Waals surface area contributed by atoms with Crippen LogP contribution in [0.1, 0.15) is 30.7 Å². The fraction of sp³-hybridized carbons (Fsp3) is 0.571. The zero-order valence-corrected chi connectivity index (χ0v) is 13.4. The van der Waals surface area contributed by atoms with Crippen LogP contribution < -0.4 is 5.73 Å². The number of thiophene rings is 1. The van der Waals surface area contributed by atoms with Crippen LogP contribution in [0.25, 0.3) is 10.2 Å². The number of nitrogen functional groups attached to an aromatic ring is 1. The number of aryl methyl sites for hydroxylation is 1. The van der Waals surface area contributed by atoms with E-state index < -0.39 is 0 Å². The molecule has 2 aromatic rings. The predicted octanol–water partition coefficient (Wildman–Crippen LogP) is 2.87. The fourth-order valence-electron chi connectivity index (χ4n) is 2.61. The first kappa shape index (κ1) is 14.1. The summed E-state index contributed by atoms with van der Waals surface area (Å²) in [6, 6.07) is 0. The second kappa shape index (κ2) is 5.50. The average molecular weight is 309 g/mol. The summed E-state index contributed by atoms with van der Waals surface area (Å²) in [5.41, 5.74) is 7.51. The zero-order valence-electron chi connectivity index (χ0n) is 11.7. The maximum Gasteiger partial charge on any atom is 0.190 e. The van der Waals surface area contributed by atoms with Crippen molar-refractivity contribution in [2.75, 3.05) is 11.5 Å². The van der Waals surface area contributed by atoms with Crippen LogP contribution in [-0.2, 0) is 12.8 Å². The molecule has 0 bridgehead atoms. The molecule has 2 aromatic heterocycles. The van der Waals surface area contributed by atoms with Crippen molar-refractivity contribution in [2.45, 2.75) is 44.4 Å². The number of rotatable bonds is 3. The molecule has 0 amide bonds. The highest BCUT2D eigenvalue weighted by molar-refractivity contribution is 7.99. The first-order chi connectivity index (χ1) is 9.54. The molecule has 0 saturated carbocycles. The summed E-state index contributed by atoms with van der Waals surface area (Å²) in [6.45, 7) is 4.06. The van der Waals surface area contributed by atoms with Gasteiger partial charge in [-0.05, 0) is 37.7 Å². The van der Waals surface area contributed by atoms with Gasteiger partial charge >= 0.3 is 0 Å². The summed E-state index contributed by atoms with van der Waals surface area (Å²) in [6.07, 6.45) is 3.07. The van der Waals surface area contributed by atoms with Crippen molar-refractivity contribution in [3.8, 4) is 0 Å². The highest BCUT2D eigenvalue weighted by Gasteiger charge is 2.23. The minimum absolute atomic E-state index is 0.363. The van der Waals surface area contributed by atoms with Crippen LogP contribution in [0.15, 0.2) is 5.16 Å². The molecule has 0 radical (unpaired) electrons. The van der Waals surface area contributed by atoms with Crippen LogP contribution in [0.5, 0.6) is 0 Å². The molecule has 3 rings (SSSR count). The Morgan fingerprint density at radius 3 is 3.05 bits per heavy atom. The Kier molecular flexibility index (Phi) is 3.88. The first-order valence-electron chi connectivity index (χ1n) is 6.93. The Morgan fingerprint density at radius 2 is 2.30 bits per heavy atom. The summed E-state index contributed by atoms with van der Waals surface area (Å²) in [5, 5.41) is 11.1. The van der Waals surface area contributed by atoms with E-state index in [1.54, 1.807) is 18.3 Å². The molecular formula is C14H19N3OS2. The summed E-state index contributed by atoms with van der Waals surface area (Å²) < 4.78 is 0. The normalized spacial score (nSPS) is 20.1. The highest BCUT2D eigenvalue weighted by atomic mass is 32.2. The van der Waals surface area contributed by atoms with E-state index in [0.29, 0.717) is 16.7 Å². The molecule has 1 aliphatic rings. The van der Waals surface area contributed by atoms with Crippen molar-refractivity contribution in [1.82, 2.24) is 9.97 Å². The number of fused-ring (bicyclic) bond motifs is 3. The summed E-state index contributed by atoms with van der Waals surface area (Å²) in [4.78, 5) is 11.4. The molecule has 0 unspecified atom stereocenters. The Morgan fingerprint density at radius 1 is 1.50 bits per heavy atom. The second-order valence-corrected chi connectivity index (χ2v) is 7.65. The van der Waals surface area contributed by atoms with E-state index in [1.807, 2.05) is 0 Å². The molecule has 0 aliphatic heterocycles. The minimum atomic E-state index is -0.363. The van der Waals surface area contributed by atoms with Crippen LogP contribution in [0.3, 0.4) is 0 Å². The highest BCUT2D eigenvalue weighted by Crippen LogP contribution is 2.39. The summed E-state index contributed by atoms with van der Waals surface area (Å²) >= 11 is 3.22. The van der Waals surface area contributed by atoms with Gasteiger partial charge in [-0.1, -0.05) is 18.7 Å². The standard InChI is InChI=1S/C14H19N3OS2/c1-7-3-4-9-10(5-7)20-13-11(9)12(15)16-14(17-13)19-6-8(2)18/h7-8,18H,3-6H2,1-2H3,(H2,15,16,17)/t7-,8-/m0/s1. The monoisotopic (exact) mass is 309 g/mol. The molecule has 4 nitrogen and oxygen atoms in total. The van der Waals surface area contributed by atoms with Gasteiger partial charge in [0.25, 0.3) is 0 Å². The lowest BCUT2D eigenvalue weighted by Gasteiger charge is -2.17. The Labute approximate surface area is 126 Å². The van der Waals surface area contributed by atoms with Crippen molar-refractivity contribution >= 4 is 39.1 Å². The van der Waals surface area contributed by atoms with Gasteiger partial charge in [0.05, 0.1) is 11.5 Å². The topological polar surface area (TPSA) is 72.0 Å². The summed E-state index contributed by atoms with van der Waals surface area (Å²) in [7, 11) is 0. The Balaban J connectivity index is 2.00. The number of hydrogen-bond donors (Lipinski definition) is 2. The molecule has 1 aliphatic carbocycles. The molecule has 3 N–H and O–H groups in total. The maximum atomic E-state index is 9.35. The number of aliphatic hydroxyl groups excluding tert-OH is 1. The molecule has 0 spiro atoms. The molecular weight excluding hydrogens is 290 g/mol.